The third kappa shape index (κ3) is 2.44. The number of nitrogens with one attached hydrogen (secondary N) is 1. The molecule has 0 aliphatic carbocycles. The van der Waals surface area contributed by atoms with E-state index in [9.17, 15) is 4.79 Å². The van der Waals surface area contributed by atoms with E-state index in [1.165, 1.54) is 17.8 Å². The van der Waals surface area contributed by atoms with Gasteiger partial charge in [-0.05, 0) is 33.2 Å². The van der Waals surface area contributed by atoms with Crippen LogP contribution in [-0.2, 0) is 0 Å². The molecular formula is C11H16N2OS. The second-order valence-electron chi connectivity index (χ2n) is 4.07. The van der Waals surface area contributed by atoms with Gasteiger partial charge in [0.2, 0.25) is 0 Å². The number of thiazole rings is 1. The second kappa shape index (κ2) is 4.41. The number of ketones is 1. The molecule has 2 rings (SSSR count). The van der Waals surface area contributed by atoms with Gasteiger partial charge in [0.15, 0.2) is 5.78 Å². The lowest BCUT2D eigenvalue weighted by Gasteiger charge is -2.07. The maximum absolute atomic E-state index is 12.0. The molecule has 0 bridgehead atoms. The molecule has 2 heterocycles. The standard InChI is InChI=1S/C11H16N2OS/c1-7-11(15-8(2)13-7)10(14)6-9-4-3-5-12-9/h9,12H,3-6H2,1-2H3. The number of Topliss-reactive ketones (excluding diaryl/α,β-unsaturated/α-hetero) is 1. The third-order valence-corrected chi connectivity index (χ3v) is 3.86. The van der Waals surface area contributed by atoms with Gasteiger partial charge in [-0.3, -0.25) is 4.79 Å². The fraction of sp³-hybridized carbons (Fsp3) is 0.636. The van der Waals surface area contributed by atoms with Gasteiger partial charge in [-0.25, -0.2) is 4.98 Å². The van der Waals surface area contributed by atoms with Crippen molar-refractivity contribution in [2.75, 3.05) is 6.54 Å². The van der Waals surface area contributed by atoms with E-state index in [0.717, 1.165) is 28.5 Å². The van der Waals surface area contributed by atoms with Gasteiger partial charge in [0.05, 0.1) is 15.6 Å². The van der Waals surface area contributed by atoms with E-state index in [0.29, 0.717) is 12.5 Å². The predicted molar refractivity (Wildman–Crippen MR) is 61.6 cm³/mol. The summed E-state index contributed by atoms with van der Waals surface area (Å²) in [5, 5.41) is 4.33. The van der Waals surface area contributed by atoms with Crippen LogP contribution in [0.4, 0.5) is 0 Å². The van der Waals surface area contributed by atoms with E-state index in [2.05, 4.69) is 10.3 Å². The Balaban J connectivity index is 2.03. The van der Waals surface area contributed by atoms with Gasteiger partial charge in [0.25, 0.3) is 0 Å². The van der Waals surface area contributed by atoms with Crippen molar-refractivity contribution < 1.29 is 4.79 Å². The predicted octanol–water partition coefficient (Wildman–Crippen LogP) is 2.08. The number of aromatic nitrogens is 1. The van der Waals surface area contributed by atoms with Crippen molar-refractivity contribution in [1.82, 2.24) is 10.3 Å². The van der Waals surface area contributed by atoms with Crippen molar-refractivity contribution in [1.29, 1.82) is 0 Å². The summed E-state index contributed by atoms with van der Waals surface area (Å²) in [4.78, 5) is 17.1. The molecule has 0 amide bonds. The molecule has 1 aliphatic rings. The first-order valence-electron chi connectivity index (χ1n) is 5.37. The van der Waals surface area contributed by atoms with Gasteiger partial charge >= 0.3 is 0 Å². The van der Waals surface area contributed by atoms with Crippen LogP contribution in [0.2, 0.25) is 0 Å². The Labute approximate surface area is 93.9 Å². The topological polar surface area (TPSA) is 42.0 Å². The summed E-state index contributed by atoms with van der Waals surface area (Å²) in [6.07, 6.45) is 2.95. The highest BCUT2D eigenvalue weighted by molar-refractivity contribution is 7.13. The van der Waals surface area contributed by atoms with Crippen LogP contribution < -0.4 is 5.32 Å². The zero-order valence-electron chi connectivity index (χ0n) is 9.17. The van der Waals surface area contributed by atoms with Crippen molar-refractivity contribution in [2.45, 2.75) is 39.2 Å². The lowest BCUT2D eigenvalue weighted by molar-refractivity contribution is 0.0975. The Bertz CT molecular complexity index is 367. The average molecular weight is 224 g/mol. The van der Waals surface area contributed by atoms with E-state index in [-0.39, 0.29) is 5.78 Å². The molecule has 1 N–H and O–H groups in total. The molecule has 1 atom stereocenters. The Morgan fingerprint density at radius 1 is 1.60 bits per heavy atom. The molecule has 0 aromatic carbocycles. The van der Waals surface area contributed by atoms with E-state index < -0.39 is 0 Å². The number of aryl methyl sites for hydroxylation is 2. The first-order chi connectivity index (χ1) is 7.16. The van der Waals surface area contributed by atoms with Gasteiger partial charge in [-0.1, -0.05) is 0 Å². The number of rotatable bonds is 3. The first kappa shape index (κ1) is 10.8. The Hall–Kier alpha value is -0.740. The zero-order valence-corrected chi connectivity index (χ0v) is 9.99. The van der Waals surface area contributed by atoms with Crippen LogP contribution in [0.15, 0.2) is 0 Å². The Morgan fingerprint density at radius 3 is 2.93 bits per heavy atom. The third-order valence-electron chi connectivity index (χ3n) is 2.75. The first-order valence-corrected chi connectivity index (χ1v) is 6.19. The molecule has 1 saturated heterocycles. The summed E-state index contributed by atoms with van der Waals surface area (Å²) in [5.74, 6) is 0.248. The Morgan fingerprint density at radius 2 is 2.40 bits per heavy atom. The molecule has 0 spiro atoms. The number of nitrogens with zero attached hydrogens (tertiary/aromatic N) is 1. The molecule has 1 aromatic heterocycles. The summed E-state index contributed by atoms with van der Waals surface area (Å²) in [7, 11) is 0. The van der Waals surface area contributed by atoms with Gasteiger partial charge < -0.3 is 5.32 Å². The average Bonchev–Trinajstić information content (AvgIpc) is 2.75. The fourth-order valence-corrected chi connectivity index (χ4v) is 2.91. The van der Waals surface area contributed by atoms with Crippen molar-refractivity contribution in [3.8, 4) is 0 Å². The molecule has 1 unspecified atom stereocenters. The SMILES string of the molecule is Cc1nc(C)c(C(=O)CC2CCCN2)s1. The van der Waals surface area contributed by atoms with Gasteiger partial charge in [-0.2, -0.15) is 0 Å². The maximum atomic E-state index is 12.0. The molecule has 4 heteroatoms. The largest absolute Gasteiger partial charge is 0.314 e. The summed E-state index contributed by atoms with van der Waals surface area (Å²) in [6.45, 7) is 4.92. The molecule has 1 aromatic rings. The van der Waals surface area contributed by atoms with Crippen molar-refractivity contribution in [3.05, 3.63) is 15.6 Å². The number of carbonyl (C=O) groups excluding carboxylic acids is 1. The maximum Gasteiger partial charge on any atom is 0.176 e. The van der Waals surface area contributed by atoms with Crippen LogP contribution in [0.3, 0.4) is 0 Å². The normalized spacial score (nSPS) is 20.8. The van der Waals surface area contributed by atoms with E-state index in [1.54, 1.807) is 0 Å². The summed E-state index contributed by atoms with van der Waals surface area (Å²) < 4.78 is 0. The quantitative estimate of drug-likeness (QED) is 0.799. The lowest BCUT2D eigenvalue weighted by atomic mass is 10.1. The van der Waals surface area contributed by atoms with Crippen LogP contribution in [0.1, 0.15) is 39.6 Å². The van der Waals surface area contributed by atoms with Crippen LogP contribution in [0.5, 0.6) is 0 Å². The fourth-order valence-electron chi connectivity index (χ4n) is 2.04. The van der Waals surface area contributed by atoms with E-state index >= 15 is 0 Å². The summed E-state index contributed by atoms with van der Waals surface area (Å²) in [6, 6.07) is 0.388. The summed E-state index contributed by atoms with van der Waals surface area (Å²) in [5.41, 5.74) is 0.889. The highest BCUT2D eigenvalue weighted by Crippen LogP contribution is 2.21. The van der Waals surface area contributed by atoms with E-state index in [1.807, 2.05) is 13.8 Å². The van der Waals surface area contributed by atoms with E-state index in [4.69, 9.17) is 0 Å². The molecule has 0 radical (unpaired) electrons. The van der Waals surface area contributed by atoms with Gasteiger partial charge in [-0.15, -0.1) is 11.3 Å². The van der Waals surface area contributed by atoms with Crippen molar-refractivity contribution in [2.24, 2.45) is 0 Å². The van der Waals surface area contributed by atoms with Crippen LogP contribution in [0.25, 0.3) is 0 Å². The minimum Gasteiger partial charge on any atom is -0.314 e. The monoisotopic (exact) mass is 224 g/mol. The molecule has 1 aliphatic heterocycles. The molecule has 15 heavy (non-hydrogen) atoms. The zero-order chi connectivity index (χ0) is 10.8. The number of hydrogen-bond donors (Lipinski definition) is 1. The van der Waals surface area contributed by atoms with Crippen LogP contribution >= 0.6 is 11.3 Å². The minimum atomic E-state index is 0.248. The minimum absolute atomic E-state index is 0.248. The molecule has 0 saturated carbocycles. The van der Waals surface area contributed by atoms with Gasteiger partial charge in [0.1, 0.15) is 0 Å². The number of carbonyl (C=O) groups is 1. The highest BCUT2D eigenvalue weighted by atomic mass is 32.1. The van der Waals surface area contributed by atoms with Gasteiger partial charge in [0, 0.05) is 12.5 Å². The molecule has 1 fully saturated rings. The highest BCUT2D eigenvalue weighted by Gasteiger charge is 2.21. The smallest absolute Gasteiger partial charge is 0.176 e. The van der Waals surface area contributed by atoms with Crippen LogP contribution in [-0.4, -0.2) is 23.4 Å². The lowest BCUT2D eigenvalue weighted by Crippen LogP contribution is -2.24. The second-order valence-corrected chi connectivity index (χ2v) is 5.27. The Kier molecular flexibility index (Phi) is 3.17. The van der Waals surface area contributed by atoms with Crippen molar-refractivity contribution in [3.63, 3.8) is 0 Å². The number of hydrogen-bond acceptors (Lipinski definition) is 4. The van der Waals surface area contributed by atoms with Crippen LogP contribution in [0, 0.1) is 13.8 Å². The van der Waals surface area contributed by atoms with Crippen molar-refractivity contribution >= 4 is 17.1 Å². The molecule has 3 nitrogen and oxygen atoms in total. The summed E-state index contributed by atoms with van der Waals surface area (Å²) >= 11 is 1.52. The molecule has 82 valence electrons. The molecular weight excluding hydrogens is 208 g/mol.